The number of aldehydes is 1. The van der Waals surface area contributed by atoms with Gasteiger partial charge in [-0.15, -0.1) is 11.3 Å². The van der Waals surface area contributed by atoms with Crippen LogP contribution in [-0.2, 0) is 0 Å². The van der Waals surface area contributed by atoms with Crippen LogP contribution < -0.4 is 10.1 Å². The van der Waals surface area contributed by atoms with Crippen LogP contribution in [0.5, 0.6) is 5.75 Å². The number of methoxy groups -OCH3 is 1. The number of benzene rings is 2. The molecule has 0 saturated carbocycles. The SMILES string of the molecule is COc1c(C=O)cccc1-c1cc2c(Nc3ccc4[nH]ccc4c3C)ccnc2s1. The number of carbonyl (C=O) groups excluding carboxylic acids is 1. The van der Waals surface area contributed by atoms with Crippen molar-refractivity contribution >= 4 is 50.1 Å². The molecule has 0 saturated heterocycles. The number of aryl methyl sites for hydroxylation is 1. The van der Waals surface area contributed by atoms with Crippen LogP contribution in [0.25, 0.3) is 31.6 Å². The van der Waals surface area contributed by atoms with Crippen molar-refractivity contribution in [2.45, 2.75) is 6.92 Å². The number of nitrogens with zero attached hydrogens (tertiary/aromatic N) is 1. The van der Waals surface area contributed by atoms with Crippen LogP contribution in [0.15, 0.2) is 60.9 Å². The highest BCUT2D eigenvalue weighted by atomic mass is 32.1. The third-order valence-corrected chi connectivity index (χ3v) is 6.43. The average molecular weight is 414 g/mol. The van der Waals surface area contributed by atoms with Crippen molar-refractivity contribution in [1.82, 2.24) is 9.97 Å². The molecule has 5 nitrogen and oxygen atoms in total. The zero-order chi connectivity index (χ0) is 20.7. The van der Waals surface area contributed by atoms with Gasteiger partial charge in [-0.25, -0.2) is 4.98 Å². The van der Waals surface area contributed by atoms with Gasteiger partial charge in [-0.3, -0.25) is 4.79 Å². The van der Waals surface area contributed by atoms with Gasteiger partial charge in [0.1, 0.15) is 10.6 Å². The summed E-state index contributed by atoms with van der Waals surface area (Å²) in [4.78, 5) is 21.1. The average Bonchev–Trinajstić information content (AvgIpc) is 3.43. The summed E-state index contributed by atoms with van der Waals surface area (Å²) < 4.78 is 5.53. The zero-order valence-electron chi connectivity index (χ0n) is 16.5. The molecule has 3 aromatic heterocycles. The Morgan fingerprint density at radius 3 is 2.83 bits per heavy atom. The molecule has 0 unspecified atom stereocenters. The lowest BCUT2D eigenvalue weighted by molar-refractivity contribution is 0.112. The van der Waals surface area contributed by atoms with E-state index in [4.69, 9.17) is 4.74 Å². The largest absolute Gasteiger partial charge is 0.495 e. The number of carbonyl (C=O) groups is 1. The number of fused-ring (bicyclic) bond motifs is 2. The number of nitrogens with one attached hydrogen (secondary N) is 2. The molecule has 0 aliphatic carbocycles. The van der Waals surface area contributed by atoms with Crippen molar-refractivity contribution in [2.75, 3.05) is 12.4 Å². The van der Waals surface area contributed by atoms with E-state index in [1.54, 1.807) is 24.5 Å². The number of aromatic nitrogens is 2. The topological polar surface area (TPSA) is 67.0 Å². The molecular formula is C24H19N3O2S. The molecule has 5 aromatic rings. The fourth-order valence-electron chi connectivity index (χ4n) is 3.82. The number of para-hydroxylation sites is 1. The fourth-order valence-corrected chi connectivity index (χ4v) is 4.86. The molecule has 3 heterocycles. The molecule has 0 fully saturated rings. The van der Waals surface area contributed by atoms with Gasteiger partial charge in [-0.1, -0.05) is 6.07 Å². The van der Waals surface area contributed by atoms with Gasteiger partial charge in [0.25, 0.3) is 0 Å². The molecule has 0 aliphatic rings. The van der Waals surface area contributed by atoms with Gasteiger partial charge in [-0.05, 0) is 55.0 Å². The number of rotatable bonds is 5. The zero-order valence-corrected chi connectivity index (χ0v) is 17.3. The van der Waals surface area contributed by atoms with Gasteiger partial charge in [0.15, 0.2) is 6.29 Å². The lowest BCUT2D eigenvalue weighted by Crippen LogP contribution is -1.94. The summed E-state index contributed by atoms with van der Waals surface area (Å²) in [6, 6.07) is 15.9. The molecule has 0 aliphatic heterocycles. The lowest BCUT2D eigenvalue weighted by atomic mass is 10.1. The molecular weight excluding hydrogens is 394 g/mol. The molecule has 0 amide bonds. The number of H-pyrrole nitrogens is 1. The Labute approximate surface area is 177 Å². The van der Waals surface area contributed by atoms with E-state index in [0.717, 1.165) is 43.8 Å². The third kappa shape index (κ3) is 2.93. The number of hydrogen-bond acceptors (Lipinski definition) is 5. The van der Waals surface area contributed by atoms with Crippen molar-refractivity contribution in [3.8, 4) is 16.2 Å². The number of ether oxygens (including phenoxy) is 1. The second kappa shape index (κ2) is 7.31. The van der Waals surface area contributed by atoms with Crippen LogP contribution in [-0.4, -0.2) is 23.4 Å². The van der Waals surface area contributed by atoms with Gasteiger partial charge >= 0.3 is 0 Å². The normalized spacial score (nSPS) is 11.1. The third-order valence-electron chi connectivity index (χ3n) is 5.35. The number of thiophene rings is 1. The summed E-state index contributed by atoms with van der Waals surface area (Å²) in [5, 5.41) is 5.81. The first-order chi connectivity index (χ1) is 14.7. The van der Waals surface area contributed by atoms with E-state index in [1.165, 1.54) is 10.9 Å². The predicted octanol–water partition coefficient (Wildman–Crippen LogP) is 6.32. The number of aromatic amines is 1. The van der Waals surface area contributed by atoms with E-state index in [-0.39, 0.29) is 0 Å². The predicted molar refractivity (Wildman–Crippen MR) is 123 cm³/mol. The molecule has 0 spiro atoms. The Balaban J connectivity index is 1.61. The second-order valence-corrected chi connectivity index (χ2v) is 8.07. The Kier molecular flexibility index (Phi) is 4.48. The van der Waals surface area contributed by atoms with Gasteiger partial charge in [0, 0.05) is 44.8 Å². The highest BCUT2D eigenvalue weighted by molar-refractivity contribution is 7.22. The van der Waals surface area contributed by atoms with Crippen LogP contribution in [0.4, 0.5) is 11.4 Å². The summed E-state index contributed by atoms with van der Waals surface area (Å²) in [6.07, 6.45) is 4.59. The molecule has 30 heavy (non-hydrogen) atoms. The first kappa shape index (κ1) is 18.4. The molecule has 148 valence electrons. The van der Waals surface area contributed by atoms with Crippen molar-refractivity contribution in [2.24, 2.45) is 0 Å². The maximum atomic E-state index is 11.4. The van der Waals surface area contributed by atoms with Crippen molar-refractivity contribution in [1.29, 1.82) is 0 Å². The number of anilines is 2. The Morgan fingerprint density at radius 2 is 2.00 bits per heavy atom. The van der Waals surface area contributed by atoms with Crippen molar-refractivity contribution < 1.29 is 9.53 Å². The van der Waals surface area contributed by atoms with E-state index in [9.17, 15) is 4.79 Å². The van der Waals surface area contributed by atoms with E-state index in [1.807, 2.05) is 30.6 Å². The van der Waals surface area contributed by atoms with Crippen LogP contribution in [0.1, 0.15) is 15.9 Å². The highest BCUT2D eigenvalue weighted by Gasteiger charge is 2.15. The van der Waals surface area contributed by atoms with E-state index >= 15 is 0 Å². The van der Waals surface area contributed by atoms with E-state index in [0.29, 0.717) is 11.3 Å². The quantitative estimate of drug-likeness (QED) is 0.331. The maximum Gasteiger partial charge on any atom is 0.153 e. The Bertz CT molecular complexity index is 1400. The maximum absolute atomic E-state index is 11.4. The van der Waals surface area contributed by atoms with Crippen LogP contribution in [0, 0.1) is 6.92 Å². The second-order valence-electron chi connectivity index (χ2n) is 7.04. The van der Waals surface area contributed by atoms with Crippen molar-refractivity contribution in [3.63, 3.8) is 0 Å². The first-order valence-corrected chi connectivity index (χ1v) is 10.4. The number of pyridine rings is 1. The van der Waals surface area contributed by atoms with Crippen LogP contribution >= 0.6 is 11.3 Å². The standard InChI is InChI=1S/C24H19N3O2S/c1-14-16-8-10-25-20(16)7-6-19(14)27-21-9-11-26-24-18(21)12-22(30-24)17-5-3-4-15(13-28)23(17)29-2/h3-13,25H,1-2H3,(H,26,27). The van der Waals surface area contributed by atoms with E-state index in [2.05, 4.69) is 46.5 Å². The minimum atomic E-state index is 0.536. The minimum Gasteiger partial charge on any atom is -0.495 e. The smallest absolute Gasteiger partial charge is 0.153 e. The minimum absolute atomic E-state index is 0.536. The Hall–Kier alpha value is -3.64. The summed E-state index contributed by atoms with van der Waals surface area (Å²) in [6.45, 7) is 2.12. The molecule has 2 aromatic carbocycles. The summed E-state index contributed by atoms with van der Waals surface area (Å²) in [5.74, 6) is 0.585. The summed E-state index contributed by atoms with van der Waals surface area (Å²) in [5.41, 5.74) is 5.79. The molecule has 6 heteroatoms. The lowest BCUT2D eigenvalue weighted by Gasteiger charge is -2.11. The molecule has 0 bridgehead atoms. The molecule has 5 rings (SSSR count). The van der Waals surface area contributed by atoms with Gasteiger partial charge < -0.3 is 15.0 Å². The highest BCUT2D eigenvalue weighted by Crippen LogP contribution is 2.41. The fraction of sp³-hybridized carbons (Fsp3) is 0.0833. The number of hydrogen-bond donors (Lipinski definition) is 2. The first-order valence-electron chi connectivity index (χ1n) is 9.54. The summed E-state index contributed by atoms with van der Waals surface area (Å²) in [7, 11) is 1.59. The van der Waals surface area contributed by atoms with Gasteiger partial charge in [-0.2, -0.15) is 0 Å². The van der Waals surface area contributed by atoms with E-state index < -0.39 is 0 Å². The van der Waals surface area contributed by atoms with Gasteiger partial charge in [0.05, 0.1) is 18.4 Å². The molecule has 0 atom stereocenters. The Morgan fingerprint density at radius 1 is 1.10 bits per heavy atom. The van der Waals surface area contributed by atoms with Gasteiger partial charge in [0.2, 0.25) is 0 Å². The molecule has 2 N–H and O–H groups in total. The monoisotopic (exact) mass is 413 g/mol. The summed E-state index contributed by atoms with van der Waals surface area (Å²) >= 11 is 1.58. The van der Waals surface area contributed by atoms with Crippen LogP contribution in [0.3, 0.4) is 0 Å². The molecule has 0 radical (unpaired) electrons. The van der Waals surface area contributed by atoms with Crippen molar-refractivity contribution in [3.05, 3.63) is 72.1 Å². The van der Waals surface area contributed by atoms with Crippen LogP contribution in [0.2, 0.25) is 0 Å².